The summed E-state index contributed by atoms with van der Waals surface area (Å²) in [5.74, 6) is 1.58. The van der Waals surface area contributed by atoms with Crippen molar-refractivity contribution in [1.82, 2.24) is 9.97 Å². The summed E-state index contributed by atoms with van der Waals surface area (Å²) in [5.41, 5.74) is 0.976. The number of ether oxygens (including phenoxy) is 1. The molecule has 2 rings (SSSR count). The lowest BCUT2D eigenvalue weighted by Gasteiger charge is -2.30. The highest BCUT2D eigenvalue weighted by Crippen LogP contribution is 2.24. The van der Waals surface area contributed by atoms with Gasteiger partial charge in [-0.2, -0.15) is 4.98 Å². The van der Waals surface area contributed by atoms with Crippen LogP contribution in [0, 0.1) is 6.92 Å². The molecule has 0 spiro atoms. The summed E-state index contributed by atoms with van der Waals surface area (Å²) in [6.45, 7) is 6.20. The molecule has 0 radical (unpaired) electrons. The van der Waals surface area contributed by atoms with Crippen LogP contribution in [0.4, 0.5) is 11.8 Å². The molecule has 1 aromatic rings. The Bertz CT molecular complexity index is 428. The van der Waals surface area contributed by atoms with Crippen LogP contribution in [0.1, 0.15) is 45.2 Å². The molecule has 0 amide bonds. The van der Waals surface area contributed by atoms with Crippen molar-refractivity contribution in [2.45, 2.75) is 64.7 Å². The Kier molecular flexibility index (Phi) is 5.17. The Morgan fingerprint density at radius 1 is 1.20 bits per heavy atom. The first-order valence-electron chi connectivity index (χ1n) is 7.52. The molecule has 1 aromatic heterocycles. The van der Waals surface area contributed by atoms with E-state index in [0.29, 0.717) is 24.2 Å². The number of nitrogens with one attached hydrogen (secondary N) is 2. The van der Waals surface area contributed by atoms with Crippen LogP contribution in [-0.4, -0.2) is 35.3 Å². The molecule has 0 atom stereocenters. The molecule has 1 aliphatic rings. The number of anilines is 2. The van der Waals surface area contributed by atoms with E-state index in [4.69, 9.17) is 4.74 Å². The van der Waals surface area contributed by atoms with Gasteiger partial charge >= 0.3 is 0 Å². The minimum absolute atomic E-state index is 0.326. The Labute approximate surface area is 121 Å². The highest BCUT2D eigenvalue weighted by molar-refractivity contribution is 5.42. The molecule has 1 fully saturated rings. The Hall–Kier alpha value is -1.36. The van der Waals surface area contributed by atoms with E-state index in [-0.39, 0.29) is 0 Å². The molecular weight excluding hydrogens is 252 g/mol. The Morgan fingerprint density at radius 2 is 1.90 bits per heavy atom. The highest BCUT2D eigenvalue weighted by Gasteiger charge is 2.22. The van der Waals surface area contributed by atoms with E-state index in [0.717, 1.165) is 37.2 Å². The smallest absolute Gasteiger partial charge is 0.224 e. The number of nitrogens with zero attached hydrogens (tertiary/aromatic N) is 2. The number of hydrogen-bond donors (Lipinski definition) is 2. The summed E-state index contributed by atoms with van der Waals surface area (Å²) in [5, 5.41) is 6.52. The third kappa shape index (κ3) is 4.34. The summed E-state index contributed by atoms with van der Waals surface area (Å²) in [4.78, 5) is 8.76. The number of rotatable bonds is 5. The fourth-order valence-corrected chi connectivity index (χ4v) is 2.69. The molecule has 5 nitrogen and oxygen atoms in total. The van der Waals surface area contributed by atoms with Gasteiger partial charge in [0, 0.05) is 24.8 Å². The Morgan fingerprint density at radius 3 is 2.50 bits per heavy atom. The molecule has 0 aromatic carbocycles. The number of aromatic nitrogens is 2. The summed E-state index contributed by atoms with van der Waals surface area (Å²) >= 11 is 0. The van der Waals surface area contributed by atoms with Gasteiger partial charge in [0.25, 0.3) is 0 Å². The van der Waals surface area contributed by atoms with Gasteiger partial charge in [-0.3, -0.25) is 0 Å². The Balaban J connectivity index is 1.87. The van der Waals surface area contributed by atoms with Crippen LogP contribution in [0.25, 0.3) is 0 Å². The first-order valence-corrected chi connectivity index (χ1v) is 7.52. The molecule has 112 valence electrons. The van der Waals surface area contributed by atoms with Gasteiger partial charge in [0.05, 0.1) is 12.2 Å². The van der Waals surface area contributed by atoms with Crippen LogP contribution in [0.15, 0.2) is 6.07 Å². The monoisotopic (exact) mass is 278 g/mol. The maximum absolute atomic E-state index is 5.88. The zero-order valence-corrected chi connectivity index (χ0v) is 12.9. The molecule has 5 heteroatoms. The van der Waals surface area contributed by atoms with Crippen LogP contribution in [0.5, 0.6) is 0 Å². The van der Waals surface area contributed by atoms with E-state index in [1.165, 1.54) is 0 Å². The SMILES string of the molecule is CNc1nc(C)cc(NC2CCC(OC(C)C)CC2)n1. The van der Waals surface area contributed by atoms with Crippen molar-refractivity contribution in [3.8, 4) is 0 Å². The molecule has 20 heavy (non-hydrogen) atoms. The van der Waals surface area contributed by atoms with Crippen molar-refractivity contribution in [3.63, 3.8) is 0 Å². The highest BCUT2D eigenvalue weighted by atomic mass is 16.5. The van der Waals surface area contributed by atoms with E-state index in [9.17, 15) is 0 Å². The molecule has 0 bridgehead atoms. The molecule has 1 saturated carbocycles. The van der Waals surface area contributed by atoms with E-state index in [1.54, 1.807) is 0 Å². The maximum atomic E-state index is 5.88. The standard InChI is InChI=1S/C15H26N4O/c1-10(2)20-13-7-5-12(6-8-13)18-14-9-11(3)17-15(16-4)19-14/h9-10,12-13H,5-8H2,1-4H3,(H2,16,17,18,19). The van der Waals surface area contributed by atoms with Crippen LogP contribution >= 0.6 is 0 Å². The molecule has 0 saturated heterocycles. The maximum Gasteiger partial charge on any atom is 0.224 e. The second-order valence-corrected chi connectivity index (χ2v) is 5.77. The zero-order chi connectivity index (χ0) is 14.5. The predicted molar refractivity (Wildman–Crippen MR) is 82.2 cm³/mol. The molecule has 1 aliphatic carbocycles. The van der Waals surface area contributed by atoms with Gasteiger partial charge in [0.15, 0.2) is 0 Å². The number of aryl methyl sites for hydroxylation is 1. The lowest BCUT2D eigenvalue weighted by molar-refractivity contribution is -0.0133. The quantitative estimate of drug-likeness (QED) is 0.867. The van der Waals surface area contributed by atoms with Gasteiger partial charge in [-0.1, -0.05) is 0 Å². The van der Waals surface area contributed by atoms with Gasteiger partial charge in [-0.25, -0.2) is 4.98 Å². The summed E-state index contributed by atoms with van der Waals surface area (Å²) in [7, 11) is 1.84. The molecule has 0 unspecified atom stereocenters. The van der Waals surface area contributed by atoms with Crippen molar-refractivity contribution in [1.29, 1.82) is 0 Å². The van der Waals surface area contributed by atoms with Crippen molar-refractivity contribution in [2.75, 3.05) is 17.7 Å². The van der Waals surface area contributed by atoms with Crippen LogP contribution in [-0.2, 0) is 4.74 Å². The van der Waals surface area contributed by atoms with Gasteiger partial charge in [0.1, 0.15) is 5.82 Å². The lowest BCUT2D eigenvalue weighted by atomic mass is 9.93. The van der Waals surface area contributed by atoms with Crippen LogP contribution in [0.3, 0.4) is 0 Å². The second-order valence-electron chi connectivity index (χ2n) is 5.77. The third-order valence-corrected chi connectivity index (χ3v) is 3.57. The average Bonchev–Trinajstić information content (AvgIpc) is 2.39. The zero-order valence-electron chi connectivity index (χ0n) is 12.9. The molecule has 0 aliphatic heterocycles. The van der Waals surface area contributed by atoms with Gasteiger partial charge in [0.2, 0.25) is 5.95 Å². The van der Waals surface area contributed by atoms with Crippen molar-refractivity contribution < 1.29 is 4.74 Å². The van der Waals surface area contributed by atoms with Crippen molar-refractivity contribution in [2.24, 2.45) is 0 Å². The summed E-state index contributed by atoms with van der Waals surface area (Å²) < 4.78 is 5.88. The van der Waals surface area contributed by atoms with E-state index >= 15 is 0 Å². The van der Waals surface area contributed by atoms with Gasteiger partial charge in [-0.15, -0.1) is 0 Å². The van der Waals surface area contributed by atoms with Gasteiger partial charge in [-0.05, 0) is 46.5 Å². The third-order valence-electron chi connectivity index (χ3n) is 3.57. The first-order chi connectivity index (χ1) is 9.56. The second kappa shape index (κ2) is 6.88. The van der Waals surface area contributed by atoms with E-state index in [2.05, 4.69) is 34.4 Å². The van der Waals surface area contributed by atoms with E-state index in [1.807, 2.05) is 20.0 Å². The fraction of sp³-hybridized carbons (Fsp3) is 0.733. The van der Waals surface area contributed by atoms with Crippen molar-refractivity contribution >= 4 is 11.8 Å². The van der Waals surface area contributed by atoms with Crippen LogP contribution in [0.2, 0.25) is 0 Å². The summed E-state index contributed by atoms with van der Waals surface area (Å²) in [6, 6.07) is 2.48. The molecule has 1 heterocycles. The number of hydrogen-bond acceptors (Lipinski definition) is 5. The first kappa shape index (κ1) is 15.0. The minimum atomic E-state index is 0.326. The topological polar surface area (TPSA) is 59.1 Å². The molecule has 2 N–H and O–H groups in total. The summed E-state index contributed by atoms with van der Waals surface area (Å²) in [6.07, 6.45) is 5.27. The normalized spacial score (nSPS) is 22.9. The average molecular weight is 278 g/mol. The van der Waals surface area contributed by atoms with Crippen LogP contribution < -0.4 is 10.6 Å². The largest absolute Gasteiger partial charge is 0.376 e. The van der Waals surface area contributed by atoms with Gasteiger partial charge < -0.3 is 15.4 Å². The lowest BCUT2D eigenvalue weighted by Crippen LogP contribution is -2.31. The minimum Gasteiger partial charge on any atom is -0.376 e. The fourth-order valence-electron chi connectivity index (χ4n) is 2.69. The van der Waals surface area contributed by atoms with Crippen molar-refractivity contribution in [3.05, 3.63) is 11.8 Å². The molecular formula is C15H26N4O. The van der Waals surface area contributed by atoms with E-state index < -0.39 is 0 Å². The predicted octanol–water partition coefficient (Wildman–Crippen LogP) is 2.97.